The lowest BCUT2D eigenvalue weighted by Crippen LogP contribution is -2.40. The molecule has 0 amide bonds. The van der Waals surface area contributed by atoms with Crippen molar-refractivity contribution >= 4 is 9.84 Å². The second kappa shape index (κ2) is 12.4. The van der Waals surface area contributed by atoms with Crippen molar-refractivity contribution in [2.24, 2.45) is 11.8 Å². The third-order valence-electron chi connectivity index (χ3n) is 3.93. The lowest BCUT2D eigenvalue weighted by molar-refractivity contribution is 0.0443. The van der Waals surface area contributed by atoms with Gasteiger partial charge in [0.1, 0.15) is 0 Å². The summed E-state index contributed by atoms with van der Waals surface area (Å²) in [6.07, 6.45) is 0. The third kappa shape index (κ3) is 11.5. The average molecular weight is 383 g/mol. The average Bonchev–Trinajstić information content (AvgIpc) is 2.57. The molecule has 0 aliphatic carbocycles. The van der Waals surface area contributed by atoms with E-state index in [0.717, 1.165) is 32.8 Å². The fourth-order valence-corrected chi connectivity index (χ4v) is 3.67. The second-order valence-corrected chi connectivity index (χ2v) is 9.57. The van der Waals surface area contributed by atoms with Crippen molar-refractivity contribution in [3.8, 4) is 23.7 Å². The molecule has 0 atom stereocenters. The molecular weight excluding hydrogens is 348 g/mol. The van der Waals surface area contributed by atoms with E-state index in [2.05, 4.69) is 47.3 Å². The molecule has 0 aromatic heterocycles. The topological polar surface area (TPSA) is 49.9 Å². The zero-order chi connectivity index (χ0) is 19.4. The predicted molar refractivity (Wildman–Crippen MR) is 108 cm³/mol. The Kier molecular flexibility index (Phi) is 10.9. The molecule has 2 aliphatic heterocycles. The van der Waals surface area contributed by atoms with Crippen LogP contribution in [0.1, 0.15) is 27.7 Å². The van der Waals surface area contributed by atoms with E-state index in [0.29, 0.717) is 31.5 Å². The Balaban J connectivity index is 0.000000263. The second-order valence-electron chi connectivity index (χ2n) is 7.27. The summed E-state index contributed by atoms with van der Waals surface area (Å²) in [6.45, 7) is 15.0. The van der Waals surface area contributed by atoms with Gasteiger partial charge in [0.2, 0.25) is 0 Å². The Morgan fingerprint density at radius 2 is 1.23 bits per heavy atom. The van der Waals surface area contributed by atoms with Crippen molar-refractivity contribution in [2.75, 3.05) is 64.0 Å². The van der Waals surface area contributed by atoms with Gasteiger partial charge < -0.3 is 4.74 Å². The number of ether oxygens (including phenoxy) is 1. The van der Waals surface area contributed by atoms with Gasteiger partial charge in [-0.15, -0.1) is 0 Å². The van der Waals surface area contributed by atoms with E-state index in [9.17, 15) is 8.42 Å². The van der Waals surface area contributed by atoms with Crippen molar-refractivity contribution < 1.29 is 13.2 Å². The summed E-state index contributed by atoms with van der Waals surface area (Å²) in [5.74, 6) is 13.9. The van der Waals surface area contributed by atoms with Crippen LogP contribution in [0.2, 0.25) is 0 Å². The van der Waals surface area contributed by atoms with Crippen LogP contribution in [0.3, 0.4) is 0 Å². The van der Waals surface area contributed by atoms with Crippen LogP contribution in [-0.4, -0.2) is 82.2 Å². The highest BCUT2D eigenvalue weighted by Gasteiger charge is 2.20. The first-order chi connectivity index (χ1) is 12.3. The highest BCUT2D eigenvalue weighted by atomic mass is 32.2. The first-order valence-corrected chi connectivity index (χ1v) is 11.3. The number of morpholine rings is 1. The number of hydrogen-bond acceptors (Lipinski definition) is 5. The lowest BCUT2D eigenvalue weighted by atomic mass is 10.2. The van der Waals surface area contributed by atoms with Crippen molar-refractivity contribution in [3.63, 3.8) is 0 Å². The van der Waals surface area contributed by atoms with Gasteiger partial charge >= 0.3 is 0 Å². The predicted octanol–water partition coefficient (Wildman–Crippen LogP) is 1.35. The van der Waals surface area contributed by atoms with Crippen LogP contribution in [0.25, 0.3) is 0 Å². The number of hydrogen-bond donors (Lipinski definition) is 0. The molecule has 0 radical (unpaired) electrons. The fraction of sp³-hybridized carbons (Fsp3) is 0.800. The van der Waals surface area contributed by atoms with E-state index in [1.54, 1.807) is 0 Å². The summed E-state index contributed by atoms with van der Waals surface area (Å²) in [6, 6.07) is 0. The zero-order valence-electron chi connectivity index (χ0n) is 16.8. The Hall–Kier alpha value is -1.05. The molecular formula is C20H34N2O3S. The minimum atomic E-state index is -2.75. The molecule has 0 spiro atoms. The minimum Gasteiger partial charge on any atom is -0.379 e. The largest absolute Gasteiger partial charge is 0.379 e. The summed E-state index contributed by atoms with van der Waals surface area (Å²) < 4.78 is 27.5. The molecule has 26 heavy (non-hydrogen) atoms. The van der Waals surface area contributed by atoms with Crippen molar-refractivity contribution in [3.05, 3.63) is 0 Å². The van der Waals surface area contributed by atoms with E-state index in [1.807, 2.05) is 13.8 Å². The van der Waals surface area contributed by atoms with Crippen molar-refractivity contribution in [2.45, 2.75) is 27.7 Å². The van der Waals surface area contributed by atoms with E-state index in [4.69, 9.17) is 4.74 Å². The molecule has 0 bridgehead atoms. The van der Waals surface area contributed by atoms with Gasteiger partial charge in [0, 0.05) is 38.0 Å². The van der Waals surface area contributed by atoms with Crippen LogP contribution >= 0.6 is 0 Å². The molecule has 0 saturated carbocycles. The molecule has 2 saturated heterocycles. The van der Waals surface area contributed by atoms with Crippen LogP contribution in [0.15, 0.2) is 0 Å². The first kappa shape index (κ1) is 23.0. The summed E-state index contributed by atoms with van der Waals surface area (Å²) in [5, 5.41) is 0. The number of nitrogens with zero attached hydrogens (tertiary/aromatic N) is 2. The van der Waals surface area contributed by atoms with Gasteiger partial charge in [0.05, 0.1) is 37.8 Å². The smallest absolute Gasteiger partial charge is 0.152 e. The van der Waals surface area contributed by atoms with E-state index >= 15 is 0 Å². The lowest BCUT2D eigenvalue weighted by Gasteiger charge is -2.24. The van der Waals surface area contributed by atoms with Crippen LogP contribution in [0.4, 0.5) is 0 Å². The van der Waals surface area contributed by atoms with Gasteiger partial charge in [-0.25, -0.2) is 8.42 Å². The summed E-state index contributed by atoms with van der Waals surface area (Å²) in [4.78, 5) is 4.43. The normalized spacial score (nSPS) is 20.4. The van der Waals surface area contributed by atoms with Crippen molar-refractivity contribution in [1.82, 2.24) is 9.80 Å². The molecule has 0 N–H and O–H groups in total. The van der Waals surface area contributed by atoms with Crippen LogP contribution in [0, 0.1) is 35.5 Å². The SMILES string of the molecule is CC(C)C#CCN1CCOCC1.CC(C)C#CCN1CCS(=O)(=O)CC1. The third-order valence-corrected chi connectivity index (χ3v) is 5.54. The summed E-state index contributed by atoms with van der Waals surface area (Å²) in [5.41, 5.74) is 0. The van der Waals surface area contributed by atoms with Crippen LogP contribution < -0.4 is 0 Å². The molecule has 2 fully saturated rings. The molecule has 0 aromatic rings. The van der Waals surface area contributed by atoms with Gasteiger partial charge in [-0.2, -0.15) is 0 Å². The van der Waals surface area contributed by atoms with Gasteiger partial charge in [0.15, 0.2) is 9.84 Å². The van der Waals surface area contributed by atoms with Gasteiger partial charge in [-0.3, -0.25) is 9.80 Å². The van der Waals surface area contributed by atoms with Gasteiger partial charge in [0.25, 0.3) is 0 Å². The standard InChI is InChI=1S/C10H17NO2S.C10H17NO/c1-10(2)4-3-5-11-6-8-14(12,13)9-7-11;1-10(2)4-3-5-11-6-8-12-9-7-11/h10H,5-9H2,1-2H3;10H,5-9H2,1-2H3. The molecule has 2 rings (SSSR count). The maximum absolute atomic E-state index is 11.1. The molecule has 5 nitrogen and oxygen atoms in total. The number of sulfone groups is 1. The van der Waals surface area contributed by atoms with Crippen molar-refractivity contribution in [1.29, 1.82) is 0 Å². The van der Waals surface area contributed by atoms with E-state index in [1.165, 1.54) is 0 Å². The molecule has 148 valence electrons. The maximum Gasteiger partial charge on any atom is 0.152 e. The Labute approximate surface area is 160 Å². The Morgan fingerprint density at radius 1 is 0.808 bits per heavy atom. The first-order valence-electron chi connectivity index (χ1n) is 9.48. The molecule has 2 heterocycles. The van der Waals surface area contributed by atoms with E-state index < -0.39 is 9.84 Å². The molecule has 0 unspecified atom stereocenters. The summed E-state index contributed by atoms with van der Waals surface area (Å²) >= 11 is 0. The highest BCUT2D eigenvalue weighted by Crippen LogP contribution is 2.02. The monoisotopic (exact) mass is 382 g/mol. The van der Waals surface area contributed by atoms with Gasteiger partial charge in [-0.1, -0.05) is 51.4 Å². The fourth-order valence-electron chi connectivity index (χ4n) is 2.39. The van der Waals surface area contributed by atoms with Crippen LogP contribution in [-0.2, 0) is 14.6 Å². The number of rotatable bonds is 2. The minimum absolute atomic E-state index is 0.288. The summed E-state index contributed by atoms with van der Waals surface area (Å²) in [7, 11) is -2.75. The quantitative estimate of drug-likeness (QED) is 0.675. The zero-order valence-corrected chi connectivity index (χ0v) is 17.6. The van der Waals surface area contributed by atoms with Crippen LogP contribution in [0.5, 0.6) is 0 Å². The molecule has 6 heteroatoms. The maximum atomic E-state index is 11.1. The highest BCUT2D eigenvalue weighted by molar-refractivity contribution is 7.91. The molecule has 0 aromatic carbocycles. The Morgan fingerprint density at radius 3 is 1.65 bits per heavy atom. The van der Waals surface area contributed by atoms with Gasteiger partial charge in [-0.05, 0) is 0 Å². The molecule has 2 aliphatic rings. The van der Waals surface area contributed by atoms with E-state index in [-0.39, 0.29) is 11.5 Å². The Bertz CT molecular complexity index is 601.